The number of piperidine rings is 1. The molecule has 5 nitrogen and oxygen atoms in total. The fourth-order valence-electron chi connectivity index (χ4n) is 3.42. The van der Waals surface area contributed by atoms with Crippen molar-refractivity contribution >= 4 is 5.95 Å². The average Bonchev–Trinajstić information content (AvgIpc) is 2.99. The van der Waals surface area contributed by atoms with Crippen LogP contribution in [0.25, 0.3) is 0 Å². The minimum Gasteiger partial charge on any atom is -0.340 e. The summed E-state index contributed by atoms with van der Waals surface area (Å²) in [6.45, 7) is 5.11. The monoisotopic (exact) mass is 277 g/mol. The molecule has 0 aromatic carbocycles. The fraction of sp³-hybridized carbons (Fsp3) is 0.867. The van der Waals surface area contributed by atoms with Gasteiger partial charge in [0.05, 0.1) is 0 Å². The van der Waals surface area contributed by atoms with Crippen LogP contribution in [0.1, 0.15) is 63.6 Å². The summed E-state index contributed by atoms with van der Waals surface area (Å²) < 4.78 is 0. The first-order valence-corrected chi connectivity index (χ1v) is 8.07. The van der Waals surface area contributed by atoms with Crippen molar-refractivity contribution in [3.63, 3.8) is 0 Å². The summed E-state index contributed by atoms with van der Waals surface area (Å²) in [7, 11) is 0. The molecular weight excluding hydrogens is 250 g/mol. The van der Waals surface area contributed by atoms with Gasteiger partial charge in [0, 0.05) is 19.0 Å². The number of rotatable bonds is 3. The van der Waals surface area contributed by atoms with Crippen molar-refractivity contribution in [1.29, 1.82) is 0 Å². The Bertz CT molecular complexity index is 427. The first-order chi connectivity index (χ1) is 9.70. The van der Waals surface area contributed by atoms with Crippen molar-refractivity contribution in [3.8, 4) is 0 Å². The van der Waals surface area contributed by atoms with E-state index in [1.54, 1.807) is 0 Å². The van der Waals surface area contributed by atoms with Crippen molar-refractivity contribution in [2.24, 2.45) is 11.1 Å². The summed E-state index contributed by atoms with van der Waals surface area (Å²) in [6, 6.07) is 0. The molecule has 20 heavy (non-hydrogen) atoms. The Kier molecular flexibility index (Phi) is 3.96. The van der Waals surface area contributed by atoms with Gasteiger partial charge < -0.3 is 10.6 Å². The molecule has 1 aromatic rings. The molecule has 3 N–H and O–H groups in total. The molecule has 0 spiro atoms. The van der Waals surface area contributed by atoms with Gasteiger partial charge in [0.15, 0.2) is 0 Å². The van der Waals surface area contributed by atoms with E-state index in [-0.39, 0.29) is 0 Å². The zero-order valence-electron chi connectivity index (χ0n) is 12.6. The molecule has 0 unspecified atom stereocenters. The number of aromatic nitrogens is 3. The molecule has 1 aromatic heterocycles. The predicted octanol–water partition coefficient (Wildman–Crippen LogP) is 2.42. The first-order valence-electron chi connectivity index (χ1n) is 8.07. The molecule has 2 fully saturated rings. The Hall–Kier alpha value is -1.10. The number of nitrogens with one attached hydrogen (secondary N) is 1. The molecule has 1 saturated carbocycles. The minimum atomic E-state index is 0.305. The second-order valence-electron chi connectivity index (χ2n) is 6.86. The lowest BCUT2D eigenvalue weighted by atomic mass is 9.81. The lowest BCUT2D eigenvalue weighted by Crippen LogP contribution is -2.42. The summed E-state index contributed by atoms with van der Waals surface area (Å²) >= 11 is 0. The van der Waals surface area contributed by atoms with E-state index in [1.165, 1.54) is 32.1 Å². The van der Waals surface area contributed by atoms with Gasteiger partial charge in [-0.05, 0) is 37.6 Å². The average molecular weight is 277 g/mol. The van der Waals surface area contributed by atoms with Crippen LogP contribution in [0.4, 0.5) is 5.95 Å². The van der Waals surface area contributed by atoms with Crippen LogP contribution in [0.15, 0.2) is 0 Å². The minimum absolute atomic E-state index is 0.305. The number of hydrogen-bond acceptors (Lipinski definition) is 4. The third kappa shape index (κ3) is 2.82. The van der Waals surface area contributed by atoms with Crippen LogP contribution in [0.5, 0.6) is 0 Å². The maximum atomic E-state index is 5.87. The maximum Gasteiger partial charge on any atom is 0.244 e. The third-order valence-corrected chi connectivity index (χ3v) is 5.23. The summed E-state index contributed by atoms with van der Waals surface area (Å²) in [5.41, 5.74) is 6.17. The number of hydrogen-bond donors (Lipinski definition) is 2. The van der Waals surface area contributed by atoms with E-state index in [1.807, 2.05) is 0 Å². The Labute approximate surface area is 121 Å². The number of H-pyrrole nitrogens is 1. The van der Waals surface area contributed by atoms with Crippen molar-refractivity contribution < 1.29 is 0 Å². The van der Waals surface area contributed by atoms with Crippen LogP contribution in [0.3, 0.4) is 0 Å². The highest BCUT2D eigenvalue weighted by Crippen LogP contribution is 2.33. The van der Waals surface area contributed by atoms with Crippen LogP contribution in [0.2, 0.25) is 0 Å². The highest BCUT2D eigenvalue weighted by Gasteiger charge is 2.30. The van der Waals surface area contributed by atoms with Gasteiger partial charge in [-0.15, -0.1) is 5.10 Å². The van der Waals surface area contributed by atoms with Gasteiger partial charge in [-0.2, -0.15) is 4.98 Å². The zero-order valence-corrected chi connectivity index (χ0v) is 12.6. The summed E-state index contributed by atoms with van der Waals surface area (Å²) in [6.07, 6.45) is 8.84. The molecule has 3 rings (SSSR count). The van der Waals surface area contributed by atoms with Gasteiger partial charge in [-0.25, -0.2) is 0 Å². The zero-order chi connectivity index (χ0) is 14.0. The summed E-state index contributed by atoms with van der Waals surface area (Å²) in [4.78, 5) is 7.06. The smallest absolute Gasteiger partial charge is 0.244 e. The molecular formula is C15H27N5. The molecule has 0 bridgehead atoms. The molecule has 0 radical (unpaired) electrons. The fourth-order valence-corrected chi connectivity index (χ4v) is 3.42. The molecule has 1 aliphatic carbocycles. The van der Waals surface area contributed by atoms with Gasteiger partial charge in [0.1, 0.15) is 5.82 Å². The normalized spacial score (nSPS) is 24.0. The van der Waals surface area contributed by atoms with E-state index in [0.29, 0.717) is 11.3 Å². The molecule has 0 amide bonds. The maximum absolute atomic E-state index is 5.87. The van der Waals surface area contributed by atoms with Crippen molar-refractivity contribution in [2.75, 3.05) is 24.5 Å². The second-order valence-corrected chi connectivity index (χ2v) is 6.86. The quantitative estimate of drug-likeness (QED) is 0.890. The van der Waals surface area contributed by atoms with Crippen LogP contribution >= 0.6 is 0 Å². The lowest BCUT2D eigenvalue weighted by molar-refractivity contribution is 0.257. The summed E-state index contributed by atoms with van der Waals surface area (Å²) in [5, 5.41) is 7.63. The number of anilines is 1. The van der Waals surface area contributed by atoms with Crippen molar-refractivity contribution in [2.45, 2.75) is 57.8 Å². The molecule has 1 saturated heterocycles. The van der Waals surface area contributed by atoms with Gasteiger partial charge in [-0.3, -0.25) is 5.10 Å². The van der Waals surface area contributed by atoms with Crippen LogP contribution in [-0.2, 0) is 0 Å². The first kappa shape index (κ1) is 13.9. The summed E-state index contributed by atoms with van der Waals surface area (Å²) in [5.74, 6) is 2.60. The van der Waals surface area contributed by atoms with Gasteiger partial charge in [0.25, 0.3) is 0 Å². The Morgan fingerprint density at radius 3 is 2.60 bits per heavy atom. The number of aromatic amines is 1. The second kappa shape index (κ2) is 5.72. The Morgan fingerprint density at radius 2 is 1.95 bits per heavy atom. The largest absolute Gasteiger partial charge is 0.340 e. The number of nitrogens with zero attached hydrogens (tertiary/aromatic N) is 3. The van der Waals surface area contributed by atoms with Crippen molar-refractivity contribution in [1.82, 2.24) is 15.2 Å². The van der Waals surface area contributed by atoms with E-state index in [4.69, 9.17) is 10.7 Å². The highest BCUT2D eigenvalue weighted by molar-refractivity contribution is 5.30. The molecule has 1 aliphatic heterocycles. The standard InChI is InChI=1S/C15H27N5/c1-15(11-16)7-9-20(10-8-15)14-17-13(18-19-14)12-5-3-2-4-6-12/h12H,2-11,16H2,1H3,(H,17,18,19). The van der Waals surface area contributed by atoms with E-state index in [9.17, 15) is 0 Å². The molecule has 2 aliphatic rings. The number of nitrogens with two attached hydrogens (primary N) is 1. The van der Waals surface area contributed by atoms with E-state index in [0.717, 1.165) is 44.2 Å². The third-order valence-electron chi connectivity index (χ3n) is 5.23. The topological polar surface area (TPSA) is 70.8 Å². The van der Waals surface area contributed by atoms with Gasteiger partial charge in [0.2, 0.25) is 5.95 Å². The van der Waals surface area contributed by atoms with Crippen LogP contribution in [0, 0.1) is 5.41 Å². The highest BCUT2D eigenvalue weighted by atomic mass is 15.4. The van der Waals surface area contributed by atoms with E-state index in [2.05, 4.69) is 22.0 Å². The molecule has 0 atom stereocenters. The molecule has 5 heteroatoms. The SMILES string of the molecule is CC1(CN)CCN(c2n[nH]c(C3CCCCC3)n2)CC1. The predicted molar refractivity (Wildman–Crippen MR) is 80.8 cm³/mol. The van der Waals surface area contributed by atoms with Gasteiger partial charge >= 0.3 is 0 Å². The van der Waals surface area contributed by atoms with Crippen molar-refractivity contribution in [3.05, 3.63) is 5.82 Å². The van der Waals surface area contributed by atoms with E-state index >= 15 is 0 Å². The Balaban J connectivity index is 1.62. The van der Waals surface area contributed by atoms with E-state index < -0.39 is 0 Å². The molecule has 2 heterocycles. The van der Waals surface area contributed by atoms with Crippen LogP contribution in [-0.4, -0.2) is 34.8 Å². The lowest BCUT2D eigenvalue weighted by Gasteiger charge is -2.38. The molecule has 112 valence electrons. The Morgan fingerprint density at radius 1 is 1.25 bits per heavy atom. The van der Waals surface area contributed by atoms with Gasteiger partial charge in [-0.1, -0.05) is 26.2 Å². The van der Waals surface area contributed by atoms with Crippen LogP contribution < -0.4 is 10.6 Å².